The minimum atomic E-state index is -1.14. The van der Waals surface area contributed by atoms with Crippen LogP contribution in [-0.2, 0) is 0 Å². The van der Waals surface area contributed by atoms with Crippen LogP contribution in [0, 0.1) is 31.9 Å². The summed E-state index contributed by atoms with van der Waals surface area (Å²) in [6, 6.07) is 9.47. The van der Waals surface area contributed by atoms with E-state index in [-0.39, 0.29) is 52.4 Å². The van der Waals surface area contributed by atoms with Crippen molar-refractivity contribution >= 4 is 92.7 Å². The minimum absolute atomic E-state index is 0.0215. The standard InChI is InChI=1S/C24H8Cl6F2N2O4S/c25-11-1-3-19(23(29)21(11)9-5-15(31)17(33(35)36)7-13(9)27)39-20-4-2-12(26)22(24(20)30)10-6-16(32)18(34(37)38)8-14(10)28/h1-8H. The first-order valence-electron chi connectivity index (χ1n) is 10.2. The van der Waals surface area contributed by atoms with Crippen LogP contribution in [0.15, 0.2) is 58.3 Å². The summed E-state index contributed by atoms with van der Waals surface area (Å²) in [5.41, 5.74) is -1.35. The number of nitro groups is 2. The second-order valence-electron chi connectivity index (χ2n) is 7.65. The Bertz CT molecular complexity index is 1580. The summed E-state index contributed by atoms with van der Waals surface area (Å²) in [6.45, 7) is 0. The number of benzene rings is 4. The smallest absolute Gasteiger partial charge is 0.258 e. The van der Waals surface area contributed by atoms with Crippen molar-refractivity contribution in [2.24, 2.45) is 0 Å². The largest absolute Gasteiger partial charge is 0.306 e. The first kappa shape index (κ1) is 29.6. The maximum Gasteiger partial charge on any atom is 0.306 e. The lowest BCUT2D eigenvalue weighted by atomic mass is 10.0. The van der Waals surface area contributed by atoms with Gasteiger partial charge in [-0.25, -0.2) is 0 Å². The summed E-state index contributed by atoms with van der Waals surface area (Å²) < 4.78 is 28.8. The van der Waals surface area contributed by atoms with E-state index in [1.807, 2.05) is 0 Å². The molecule has 0 aromatic heterocycles. The molecule has 0 N–H and O–H groups in total. The lowest BCUT2D eigenvalue weighted by Crippen LogP contribution is -1.95. The molecule has 0 aliphatic carbocycles. The van der Waals surface area contributed by atoms with Crippen molar-refractivity contribution in [1.82, 2.24) is 0 Å². The molecule has 0 saturated heterocycles. The Morgan fingerprint density at radius 1 is 0.590 bits per heavy atom. The van der Waals surface area contributed by atoms with E-state index in [4.69, 9.17) is 69.6 Å². The quantitative estimate of drug-likeness (QED) is 0.150. The molecule has 200 valence electrons. The molecule has 0 unspecified atom stereocenters. The molecule has 0 radical (unpaired) electrons. The fourth-order valence-corrected chi connectivity index (χ4v) is 6.35. The third-order valence-electron chi connectivity index (χ3n) is 5.34. The fourth-order valence-electron chi connectivity index (χ4n) is 3.57. The van der Waals surface area contributed by atoms with Gasteiger partial charge in [-0.15, -0.1) is 0 Å². The van der Waals surface area contributed by atoms with Gasteiger partial charge < -0.3 is 0 Å². The van der Waals surface area contributed by atoms with Crippen molar-refractivity contribution in [3.8, 4) is 22.3 Å². The van der Waals surface area contributed by atoms with Gasteiger partial charge in [0.05, 0.1) is 40.0 Å². The van der Waals surface area contributed by atoms with E-state index >= 15 is 0 Å². The summed E-state index contributed by atoms with van der Waals surface area (Å²) in [6.07, 6.45) is 0. The number of halogens is 8. The van der Waals surface area contributed by atoms with Gasteiger partial charge in [-0.05, 0) is 36.4 Å². The zero-order valence-corrected chi connectivity index (χ0v) is 23.9. The monoisotopic (exact) mass is 668 g/mol. The van der Waals surface area contributed by atoms with Gasteiger partial charge in [-0.2, -0.15) is 8.78 Å². The van der Waals surface area contributed by atoms with Gasteiger partial charge >= 0.3 is 11.4 Å². The molecular formula is C24H8Cl6F2N2O4S. The lowest BCUT2D eigenvalue weighted by molar-refractivity contribution is -0.387. The summed E-state index contributed by atoms with van der Waals surface area (Å²) in [5.74, 6) is -2.27. The van der Waals surface area contributed by atoms with E-state index < -0.39 is 32.9 Å². The Balaban J connectivity index is 1.82. The molecule has 4 aromatic carbocycles. The molecule has 0 saturated carbocycles. The van der Waals surface area contributed by atoms with Gasteiger partial charge in [-0.1, -0.05) is 81.4 Å². The predicted molar refractivity (Wildman–Crippen MR) is 151 cm³/mol. The van der Waals surface area contributed by atoms with Crippen LogP contribution >= 0.6 is 81.4 Å². The van der Waals surface area contributed by atoms with Gasteiger partial charge in [-0.3, -0.25) is 20.2 Å². The summed E-state index contributed by atoms with van der Waals surface area (Å²) in [7, 11) is 0. The third-order valence-corrected chi connectivity index (χ3v) is 8.72. The maximum absolute atomic E-state index is 14.4. The average molecular weight is 671 g/mol. The zero-order valence-electron chi connectivity index (χ0n) is 18.6. The Morgan fingerprint density at radius 3 is 1.28 bits per heavy atom. The molecule has 0 heterocycles. The Hall–Kier alpha value is -2.37. The van der Waals surface area contributed by atoms with Gasteiger partial charge in [0.15, 0.2) is 0 Å². The van der Waals surface area contributed by atoms with Crippen LogP contribution in [0.2, 0.25) is 30.1 Å². The normalized spacial score (nSPS) is 11.1. The van der Waals surface area contributed by atoms with E-state index in [0.717, 1.165) is 36.0 Å². The highest BCUT2D eigenvalue weighted by Gasteiger charge is 2.25. The lowest BCUT2D eigenvalue weighted by Gasteiger charge is -2.16. The van der Waals surface area contributed by atoms with Crippen LogP contribution in [0.25, 0.3) is 22.3 Å². The number of hydrogen-bond acceptors (Lipinski definition) is 5. The van der Waals surface area contributed by atoms with Crippen molar-refractivity contribution in [2.45, 2.75) is 9.79 Å². The predicted octanol–water partition coefficient (Wildman–Crippen LogP) is 11.2. The van der Waals surface area contributed by atoms with Crippen LogP contribution in [-0.4, -0.2) is 9.85 Å². The molecule has 0 atom stereocenters. The van der Waals surface area contributed by atoms with Gasteiger partial charge in [0.1, 0.15) is 0 Å². The number of nitro benzene ring substituents is 2. The van der Waals surface area contributed by atoms with Gasteiger partial charge in [0.25, 0.3) is 0 Å². The Morgan fingerprint density at radius 2 is 0.949 bits per heavy atom. The second kappa shape index (κ2) is 11.6. The van der Waals surface area contributed by atoms with Crippen LogP contribution in [0.3, 0.4) is 0 Å². The zero-order chi connectivity index (χ0) is 28.8. The fraction of sp³-hybridized carbons (Fsp3) is 0. The first-order valence-corrected chi connectivity index (χ1v) is 13.3. The molecule has 0 fully saturated rings. The number of rotatable bonds is 6. The van der Waals surface area contributed by atoms with E-state index in [1.165, 1.54) is 12.1 Å². The molecule has 0 bridgehead atoms. The highest BCUT2D eigenvalue weighted by Crippen LogP contribution is 2.49. The molecule has 0 spiro atoms. The number of hydrogen-bond donors (Lipinski definition) is 0. The molecule has 39 heavy (non-hydrogen) atoms. The number of nitrogens with zero attached hydrogens (tertiary/aromatic N) is 2. The van der Waals surface area contributed by atoms with Crippen LogP contribution < -0.4 is 0 Å². The van der Waals surface area contributed by atoms with E-state index in [9.17, 15) is 29.0 Å². The van der Waals surface area contributed by atoms with Crippen molar-refractivity contribution in [3.63, 3.8) is 0 Å². The average Bonchev–Trinajstić information content (AvgIpc) is 2.85. The van der Waals surface area contributed by atoms with E-state index in [0.29, 0.717) is 9.79 Å². The Labute approximate surface area is 252 Å². The molecule has 6 nitrogen and oxygen atoms in total. The minimum Gasteiger partial charge on any atom is -0.258 e. The van der Waals surface area contributed by atoms with Gasteiger partial charge in [0.2, 0.25) is 11.6 Å². The molecule has 0 amide bonds. The SMILES string of the molecule is O=[N+]([O-])c1cc(Cl)c(-c2c(Cl)ccc(Sc3ccc(Cl)c(-c4cc(F)c([N+](=O)[O-])cc4Cl)c3Cl)c2Cl)cc1F. The highest BCUT2D eigenvalue weighted by molar-refractivity contribution is 7.99. The van der Waals surface area contributed by atoms with Crippen molar-refractivity contribution in [2.75, 3.05) is 0 Å². The summed E-state index contributed by atoms with van der Waals surface area (Å²) in [4.78, 5) is 21.0. The Kier molecular flexibility index (Phi) is 8.82. The molecule has 4 rings (SSSR count). The highest BCUT2D eigenvalue weighted by atomic mass is 35.5. The maximum atomic E-state index is 14.4. The third kappa shape index (κ3) is 5.76. The molecule has 0 aliphatic rings. The molecule has 4 aromatic rings. The first-order chi connectivity index (χ1) is 18.3. The van der Waals surface area contributed by atoms with Crippen molar-refractivity contribution < 1.29 is 18.6 Å². The van der Waals surface area contributed by atoms with Crippen LogP contribution in [0.5, 0.6) is 0 Å². The van der Waals surface area contributed by atoms with E-state index in [2.05, 4.69) is 0 Å². The molecular weight excluding hydrogens is 663 g/mol. The topological polar surface area (TPSA) is 86.3 Å². The van der Waals surface area contributed by atoms with Crippen molar-refractivity contribution in [3.05, 3.63) is 111 Å². The molecule has 15 heteroatoms. The van der Waals surface area contributed by atoms with E-state index in [1.54, 1.807) is 12.1 Å². The van der Waals surface area contributed by atoms with Crippen LogP contribution in [0.4, 0.5) is 20.2 Å². The van der Waals surface area contributed by atoms with Crippen LogP contribution in [0.1, 0.15) is 0 Å². The second-order valence-corrected chi connectivity index (χ2v) is 11.1. The summed E-state index contributed by atoms with van der Waals surface area (Å²) in [5, 5.41) is 22.1. The molecule has 0 aliphatic heterocycles. The van der Waals surface area contributed by atoms with Gasteiger partial charge in [0, 0.05) is 44.2 Å². The van der Waals surface area contributed by atoms with Crippen molar-refractivity contribution in [1.29, 1.82) is 0 Å². The summed E-state index contributed by atoms with van der Waals surface area (Å²) >= 11 is 39.4.